The molecule has 0 spiro atoms. The molecule has 1 heterocycles. The molecule has 2 rings (SSSR count). The first-order valence-corrected chi connectivity index (χ1v) is 7.33. The fraction of sp³-hybridized carbons (Fsp3) is 0.400. The van der Waals surface area contributed by atoms with Crippen molar-refractivity contribution in [3.63, 3.8) is 0 Å². The summed E-state index contributed by atoms with van der Waals surface area (Å²) in [6.07, 6.45) is 3.69. The maximum absolute atomic E-state index is 13.4. The highest BCUT2D eigenvalue weighted by Crippen LogP contribution is 2.16. The minimum atomic E-state index is -0.233. The number of hydrogen-bond donors (Lipinski definition) is 1. The number of halogens is 2. The summed E-state index contributed by atoms with van der Waals surface area (Å²) in [4.78, 5) is 4.36. The van der Waals surface area contributed by atoms with E-state index in [1.165, 1.54) is 6.07 Å². The van der Waals surface area contributed by atoms with Crippen LogP contribution in [0.15, 0.2) is 35.1 Å². The van der Waals surface area contributed by atoms with Crippen LogP contribution in [0.25, 0.3) is 0 Å². The van der Waals surface area contributed by atoms with Gasteiger partial charge in [-0.3, -0.25) is 0 Å². The topological polar surface area (TPSA) is 29.9 Å². The number of benzene rings is 1. The molecule has 0 saturated heterocycles. The number of hydrogen-bond acceptors (Lipinski definition) is 2. The molecule has 5 heteroatoms. The van der Waals surface area contributed by atoms with Gasteiger partial charge in [0.15, 0.2) is 0 Å². The summed E-state index contributed by atoms with van der Waals surface area (Å²) in [6.45, 7) is 7.64. The van der Waals surface area contributed by atoms with Gasteiger partial charge in [0.1, 0.15) is 11.6 Å². The van der Waals surface area contributed by atoms with Crippen LogP contribution in [0, 0.1) is 5.82 Å². The van der Waals surface area contributed by atoms with Gasteiger partial charge in [-0.1, -0.05) is 15.9 Å². The van der Waals surface area contributed by atoms with Crippen LogP contribution < -0.4 is 5.32 Å². The van der Waals surface area contributed by atoms with E-state index in [0.717, 1.165) is 15.9 Å². The van der Waals surface area contributed by atoms with Crippen LogP contribution in [0.3, 0.4) is 0 Å². The molecule has 0 unspecified atom stereocenters. The molecule has 0 aliphatic rings. The van der Waals surface area contributed by atoms with Gasteiger partial charge in [0.2, 0.25) is 0 Å². The van der Waals surface area contributed by atoms with Crippen molar-refractivity contribution in [2.75, 3.05) is 0 Å². The Morgan fingerprint density at radius 3 is 2.70 bits per heavy atom. The second kappa shape index (κ2) is 6.06. The van der Waals surface area contributed by atoms with Crippen LogP contribution in [0.2, 0.25) is 0 Å². The number of nitrogens with zero attached hydrogens (tertiary/aromatic N) is 2. The Bertz CT molecular complexity index is 567. The third-order valence-corrected chi connectivity index (χ3v) is 3.31. The van der Waals surface area contributed by atoms with Gasteiger partial charge in [-0.2, -0.15) is 0 Å². The molecule has 0 bridgehead atoms. The van der Waals surface area contributed by atoms with Crippen molar-refractivity contribution in [2.24, 2.45) is 0 Å². The minimum absolute atomic E-state index is 0.0403. The largest absolute Gasteiger partial charge is 0.329 e. The number of nitrogens with one attached hydrogen (secondary N) is 1. The van der Waals surface area contributed by atoms with Crippen LogP contribution in [-0.2, 0) is 13.1 Å². The van der Waals surface area contributed by atoms with Crippen molar-refractivity contribution in [1.29, 1.82) is 0 Å². The van der Waals surface area contributed by atoms with Crippen molar-refractivity contribution in [3.05, 3.63) is 52.3 Å². The van der Waals surface area contributed by atoms with Gasteiger partial charge < -0.3 is 9.88 Å². The van der Waals surface area contributed by atoms with E-state index in [9.17, 15) is 4.39 Å². The summed E-state index contributed by atoms with van der Waals surface area (Å²) < 4.78 is 16.2. The molecule has 1 aromatic carbocycles. The zero-order chi connectivity index (χ0) is 14.8. The maximum Gasteiger partial charge on any atom is 0.124 e. The Balaban J connectivity index is 2.12. The molecular weight excluding hydrogens is 321 g/mol. The third kappa shape index (κ3) is 4.42. The highest BCUT2D eigenvalue weighted by atomic mass is 79.9. The second-order valence-corrected chi connectivity index (χ2v) is 6.77. The smallest absolute Gasteiger partial charge is 0.124 e. The molecule has 0 radical (unpaired) electrons. The predicted molar refractivity (Wildman–Crippen MR) is 82.0 cm³/mol. The average Bonchev–Trinajstić information content (AvgIpc) is 2.71. The molecule has 1 N–H and O–H groups in total. The van der Waals surface area contributed by atoms with Gasteiger partial charge in [-0.15, -0.1) is 0 Å². The molecule has 2 aromatic rings. The molecule has 108 valence electrons. The first-order valence-electron chi connectivity index (χ1n) is 6.53. The van der Waals surface area contributed by atoms with Gasteiger partial charge >= 0.3 is 0 Å². The molecule has 3 nitrogen and oxygen atoms in total. The molecular formula is C15H19BrFN3. The molecule has 1 aromatic heterocycles. The summed E-state index contributed by atoms with van der Waals surface area (Å²) in [6, 6.07) is 4.93. The Morgan fingerprint density at radius 2 is 2.05 bits per heavy atom. The van der Waals surface area contributed by atoms with E-state index in [-0.39, 0.29) is 11.4 Å². The second-order valence-electron chi connectivity index (χ2n) is 5.85. The van der Waals surface area contributed by atoms with Gasteiger partial charge in [-0.25, -0.2) is 9.37 Å². The molecule has 0 aliphatic heterocycles. The lowest BCUT2D eigenvalue weighted by atomic mass is 10.1. The fourth-order valence-corrected chi connectivity index (χ4v) is 2.41. The predicted octanol–water partition coefficient (Wildman–Crippen LogP) is 3.72. The molecule has 0 fully saturated rings. The third-order valence-electron chi connectivity index (χ3n) is 2.85. The van der Waals surface area contributed by atoms with Crippen LogP contribution in [0.5, 0.6) is 0 Å². The van der Waals surface area contributed by atoms with E-state index < -0.39 is 0 Å². The van der Waals surface area contributed by atoms with E-state index >= 15 is 0 Å². The Hall–Kier alpha value is -1.20. The summed E-state index contributed by atoms with van der Waals surface area (Å²) in [5.74, 6) is 0.712. The monoisotopic (exact) mass is 339 g/mol. The van der Waals surface area contributed by atoms with E-state index in [1.807, 2.05) is 16.8 Å². The highest BCUT2D eigenvalue weighted by Gasteiger charge is 2.11. The first-order chi connectivity index (χ1) is 9.33. The maximum atomic E-state index is 13.4. The van der Waals surface area contributed by atoms with E-state index in [1.54, 1.807) is 12.3 Å². The lowest BCUT2D eigenvalue weighted by Crippen LogP contribution is -2.36. The minimum Gasteiger partial charge on any atom is -0.329 e. The Morgan fingerprint density at radius 1 is 1.30 bits per heavy atom. The number of imidazole rings is 1. The van der Waals surface area contributed by atoms with E-state index in [0.29, 0.717) is 13.1 Å². The van der Waals surface area contributed by atoms with Gasteiger partial charge in [-0.05, 0) is 44.5 Å². The highest BCUT2D eigenvalue weighted by molar-refractivity contribution is 9.10. The fourth-order valence-electron chi connectivity index (χ4n) is 1.89. The molecule has 0 atom stereocenters. The quantitative estimate of drug-likeness (QED) is 0.919. The van der Waals surface area contributed by atoms with Crippen LogP contribution in [0.1, 0.15) is 32.2 Å². The van der Waals surface area contributed by atoms with Gasteiger partial charge in [0.25, 0.3) is 0 Å². The van der Waals surface area contributed by atoms with Crippen molar-refractivity contribution in [1.82, 2.24) is 14.9 Å². The summed E-state index contributed by atoms with van der Waals surface area (Å²) in [5.41, 5.74) is 0.949. The Labute approximate surface area is 127 Å². The van der Waals surface area contributed by atoms with E-state index in [4.69, 9.17) is 0 Å². The van der Waals surface area contributed by atoms with E-state index in [2.05, 4.69) is 47.0 Å². The SMILES string of the molecule is CC(C)(C)NCc1nccn1Cc1cc(F)cc(Br)c1. The normalized spacial score (nSPS) is 11.8. The van der Waals surface area contributed by atoms with Crippen molar-refractivity contribution in [3.8, 4) is 0 Å². The lowest BCUT2D eigenvalue weighted by Gasteiger charge is -2.20. The summed E-state index contributed by atoms with van der Waals surface area (Å²) in [7, 11) is 0. The van der Waals surface area contributed by atoms with Crippen LogP contribution in [-0.4, -0.2) is 15.1 Å². The van der Waals surface area contributed by atoms with Crippen molar-refractivity contribution >= 4 is 15.9 Å². The summed E-state index contributed by atoms with van der Waals surface area (Å²) in [5, 5.41) is 3.41. The number of rotatable bonds is 4. The average molecular weight is 340 g/mol. The molecule has 0 aliphatic carbocycles. The van der Waals surface area contributed by atoms with Gasteiger partial charge in [0.05, 0.1) is 6.54 Å². The molecule has 0 amide bonds. The van der Waals surface area contributed by atoms with Crippen molar-refractivity contribution < 1.29 is 4.39 Å². The zero-order valence-corrected chi connectivity index (χ0v) is 13.5. The molecule has 20 heavy (non-hydrogen) atoms. The molecule has 0 saturated carbocycles. The summed E-state index contributed by atoms with van der Waals surface area (Å²) >= 11 is 3.32. The van der Waals surface area contributed by atoms with Gasteiger partial charge in [0, 0.05) is 29.0 Å². The van der Waals surface area contributed by atoms with Crippen molar-refractivity contribution in [2.45, 2.75) is 39.4 Å². The lowest BCUT2D eigenvalue weighted by molar-refractivity contribution is 0.413. The van der Waals surface area contributed by atoms with Crippen LogP contribution >= 0.6 is 15.9 Å². The Kier molecular flexibility index (Phi) is 4.60. The number of aromatic nitrogens is 2. The zero-order valence-electron chi connectivity index (χ0n) is 12.0. The standard InChI is InChI=1S/C15H19BrFN3/c1-15(2,3)19-9-14-18-4-5-20(14)10-11-6-12(16)8-13(17)7-11/h4-8,19H,9-10H2,1-3H3. The first kappa shape index (κ1) is 15.2. The van der Waals surface area contributed by atoms with Crippen LogP contribution in [0.4, 0.5) is 4.39 Å².